The Labute approximate surface area is 143 Å². The quantitative estimate of drug-likeness (QED) is 0.862. The minimum absolute atomic E-state index is 0.147. The summed E-state index contributed by atoms with van der Waals surface area (Å²) >= 11 is 1.78. The third-order valence-corrected chi connectivity index (χ3v) is 7.08. The second kappa shape index (κ2) is 6.21. The van der Waals surface area contributed by atoms with Crippen LogP contribution in [0.25, 0.3) is 0 Å². The van der Waals surface area contributed by atoms with Crippen LogP contribution < -0.4 is 5.32 Å². The second-order valence-corrected chi connectivity index (χ2v) is 9.16. The molecule has 4 heteroatoms. The second-order valence-electron chi connectivity index (χ2n) is 8.13. The third kappa shape index (κ3) is 3.34. The Bertz CT molecular complexity index is 518. The van der Waals surface area contributed by atoms with E-state index in [0.717, 1.165) is 30.8 Å². The van der Waals surface area contributed by atoms with Gasteiger partial charge in [0.1, 0.15) is 0 Å². The average Bonchev–Trinajstić information content (AvgIpc) is 2.97. The van der Waals surface area contributed by atoms with Crippen LogP contribution >= 0.6 is 11.3 Å². The SMILES string of the molecule is CCN(CC(=O)NC12CC3CC(CC(C3)C1)C2)Cc1cccs1. The minimum atomic E-state index is 0.147. The summed E-state index contributed by atoms with van der Waals surface area (Å²) in [6.45, 7) is 4.50. The predicted octanol–water partition coefficient (Wildman–Crippen LogP) is 3.66. The molecule has 1 amide bonds. The predicted molar refractivity (Wildman–Crippen MR) is 94.3 cm³/mol. The molecular formula is C19H28N2OS. The van der Waals surface area contributed by atoms with Crippen LogP contribution in [-0.2, 0) is 11.3 Å². The molecule has 4 aliphatic carbocycles. The third-order valence-electron chi connectivity index (χ3n) is 6.22. The largest absolute Gasteiger partial charge is 0.350 e. The Balaban J connectivity index is 1.36. The van der Waals surface area contributed by atoms with Gasteiger partial charge in [-0.15, -0.1) is 11.3 Å². The van der Waals surface area contributed by atoms with Gasteiger partial charge in [-0.05, 0) is 74.3 Å². The van der Waals surface area contributed by atoms with Crippen molar-refractivity contribution in [1.29, 1.82) is 0 Å². The van der Waals surface area contributed by atoms with E-state index in [4.69, 9.17) is 0 Å². The average molecular weight is 333 g/mol. The Hall–Kier alpha value is -0.870. The Morgan fingerprint density at radius 3 is 2.43 bits per heavy atom. The first-order chi connectivity index (χ1) is 11.1. The molecule has 0 unspecified atom stereocenters. The number of carbonyl (C=O) groups is 1. The molecule has 0 radical (unpaired) electrons. The van der Waals surface area contributed by atoms with Gasteiger partial charge in [-0.25, -0.2) is 0 Å². The molecular weight excluding hydrogens is 304 g/mol. The number of hydrogen-bond donors (Lipinski definition) is 1. The maximum absolute atomic E-state index is 12.7. The summed E-state index contributed by atoms with van der Waals surface area (Å²) in [6, 6.07) is 4.24. The highest BCUT2D eigenvalue weighted by atomic mass is 32.1. The first-order valence-corrected chi connectivity index (χ1v) is 10.1. The standard InChI is InChI=1S/C19H28N2OS/c1-2-21(12-17-4-3-5-23-17)13-18(22)20-19-9-14-6-15(10-19)8-16(7-14)11-19/h3-5,14-16H,2,6-13H2,1H3,(H,20,22). The molecule has 4 bridgehead atoms. The lowest BCUT2D eigenvalue weighted by molar-refractivity contribution is -0.128. The molecule has 23 heavy (non-hydrogen) atoms. The van der Waals surface area contributed by atoms with Gasteiger partial charge in [0.2, 0.25) is 5.91 Å². The summed E-state index contributed by atoms with van der Waals surface area (Å²) in [6.07, 6.45) is 7.99. The summed E-state index contributed by atoms with van der Waals surface area (Å²) in [4.78, 5) is 16.3. The molecule has 1 heterocycles. The van der Waals surface area contributed by atoms with Crippen LogP contribution in [0.1, 0.15) is 50.3 Å². The van der Waals surface area contributed by atoms with E-state index in [0.29, 0.717) is 6.54 Å². The van der Waals surface area contributed by atoms with Crippen molar-refractivity contribution in [2.45, 2.75) is 57.5 Å². The van der Waals surface area contributed by atoms with Gasteiger partial charge in [-0.2, -0.15) is 0 Å². The molecule has 0 aromatic carbocycles. The van der Waals surface area contributed by atoms with Gasteiger partial charge in [0.15, 0.2) is 0 Å². The van der Waals surface area contributed by atoms with Crippen LogP contribution in [0.3, 0.4) is 0 Å². The van der Waals surface area contributed by atoms with Crippen molar-refractivity contribution >= 4 is 17.2 Å². The molecule has 4 fully saturated rings. The highest BCUT2D eigenvalue weighted by molar-refractivity contribution is 7.09. The Kier molecular flexibility index (Phi) is 4.22. The van der Waals surface area contributed by atoms with E-state index in [1.54, 1.807) is 11.3 Å². The monoisotopic (exact) mass is 332 g/mol. The maximum atomic E-state index is 12.7. The van der Waals surface area contributed by atoms with Crippen molar-refractivity contribution in [2.75, 3.05) is 13.1 Å². The summed E-state index contributed by atoms with van der Waals surface area (Å²) in [5.41, 5.74) is 0.147. The molecule has 126 valence electrons. The van der Waals surface area contributed by atoms with Crippen LogP contribution in [0.15, 0.2) is 17.5 Å². The summed E-state index contributed by atoms with van der Waals surface area (Å²) in [5.74, 6) is 2.89. The number of rotatable bonds is 6. The van der Waals surface area contributed by atoms with E-state index in [1.807, 2.05) is 0 Å². The normalized spacial score (nSPS) is 35.0. The lowest BCUT2D eigenvalue weighted by Crippen LogP contribution is -2.60. The zero-order valence-corrected chi connectivity index (χ0v) is 14.9. The fraction of sp³-hybridized carbons (Fsp3) is 0.737. The van der Waals surface area contributed by atoms with Gasteiger partial charge < -0.3 is 5.32 Å². The summed E-state index contributed by atoms with van der Waals surface area (Å²) in [7, 11) is 0. The van der Waals surface area contributed by atoms with Crippen LogP contribution in [0.5, 0.6) is 0 Å². The summed E-state index contributed by atoms with van der Waals surface area (Å²) < 4.78 is 0. The fourth-order valence-electron chi connectivity index (χ4n) is 5.70. The molecule has 1 aromatic rings. The van der Waals surface area contributed by atoms with Crippen molar-refractivity contribution in [3.05, 3.63) is 22.4 Å². The zero-order chi connectivity index (χ0) is 15.9. The number of nitrogens with zero attached hydrogens (tertiary/aromatic N) is 1. The lowest BCUT2D eigenvalue weighted by Gasteiger charge is -2.57. The first kappa shape index (κ1) is 15.6. The van der Waals surface area contributed by atoms with E-state index in [-0.39, 0.29) is 11.4 Å². The minimum Gasteiger partial charge on any atom is -0.350 e. The highest BCUT2D eigenvalue weighted by Gasteiger charge is 2.51. The van der Waals surface area contributed by atoms with Crippen molar-refractivity contribution in [1.82, 2.24) is 10.2 Å². The van der Waals surface area contributed by atoms with Gasteiger partial charge in [-0.3, -0.25) is 9.69 Å². The molecule has 4 aliphatic rings. The lowest BCUT2D eigenvalue weighted by atomic mass is 9.53. The number of amides is 1. The van der Waals surface area contributed by atoms with Gasteiger partial charge in [0.05, 0.1) is 6.54 Å². The zero-order valence-electron chi connectivity index (χ0n) is 14.1. The molecule has 0 atom stereocenters. The Morgan fingerprint density at radius 1 is 1.26 bits per heavy atom. The van der Waals surface area contributed by atoms with E-state index in [2.05, 4.69) is 34.7 Å². The van der Waals surface area contributed by atoms with Gasteiger partial charge in [0, 0.05) is 17.0 Å². The first-order valence-electron chi connectivity index (χ1n) is 9.20. The van der Waals surface area contributed by atoms with Crippen LogP contribution in [0.4, 0.5) is 0 Å². The number of likely N-dealkylation sites (N-methyl/N-ethyl adjacent to an activating group) is 1. The van der Waals surface area contributed by atoms with Crippen molar-refractivity contribution in [3.8, 4) is 0 Å². The summed E-state index contributed by atoms with van der Waals surface area (Å²) in [5, 5.41) is 5.60. The molecule has 1 aromatic heterocycles. The van der Waals surface area contributed by atoms with Gasteiger partial charge >= 0.3 is 0 Å². The van der Waals surface area contributed by atoms with E-state index < -0.39 is 0 Å². The molecule has 5 rings (SSSR count). The molecule has 0 saturated heterocycles. The topological polar surface area (TPSA) is 32.3 Å². The highest BCUT2D eigenvalue weighted by Crippen LogP contribution is 2.55. The number of carbonyl (C=O) groups excluding carboxylic acids is 1. The molecule has 1 N–H and O–H groups in total. The van der Waals surface area contributed by atoms with Gasteiger partial charge in [-0.1, -0.05) is 13.0 Å². The molecule has 4 saturated carbocycles. The van der Waals surface area contributed by atoms with Gasteiger partial charge in [0.25, 0.3) is 0 Å². The smallest absolute Gasteiger partial charge is 0.234 e. The number of thiophene rings is 1. The molecule has 0 spiro atoms. The maximum Gasteiger partial charge on any atom is 0.234 e. The van der Waals surface area contributed by atoms with Crippen LogP contribution in [-0.4, -0.2) is 29.4 Å². The van der Waals surface area contributed by atoms with Crippen molar-refractivity contribution in [3.63, 3.8) is 0 Å². The number of hydrogen-bond acceptors (Lipinski definition) is 3. The van der Waals surface area contributed by atoms with Crippen molar-refractivity contribution < 1.29 is 4.79 Å². The van der Waals surface area contributed by atoms with Crippen molar-refractivity contribution in [2.24, 2.45) is 17.8 Å². The van der Waals surface area contributed by atoms with Crippen LogP contribution in [0.2, 0.25) is 0 Å². The molecule has 0 aliphatic heterocycles. The van der Waals surface area contributed by atoms with E-state index in [9.17, 15) is 4.79 Å². The Morgan fingerprint density at radius 2 is 1.91 bits per heavy atom. The number of nitrogens with one attached hydrogen (secondary N) is 1. The fourth-order valence-corrected chi connectivity index (χ4v) is 6.45. The van der Waals surface area contributed by atoms with E-state index >= 15 is 0 Å². The van der Waals surface area contributed by atoms with E-state index in [1.165, 1.54) is 43.4 Å². The van der Waals surface area contributed by atoms with Crippen LogP contribution in [0, 0.1) is 17.8 Å². The molecule has 3 nitrogen and oxygen atoms in total.